The summed E-state index contributed by atoms with van der Waals surface area (Å²) in [6.07, 6.45) is -2.36. The largest absolute Gasteiger partial charge is 0.677 e. The van der Waals surface area contributed by atoms with Crippen LogP contribution in [0.4, 0.5) is 0 Å². The maximum atomic E-state index is 10.2. The molecule has 0 aromatic rings. The Balaban J connectivity index is -0.000000195. The summed E-state index contributed by atoms with van der Waals surface area (Å²) in [5.41, 5.74) is -1.40. The summed E-state index contributed by atoms with van der Waals surface area (Å²) in [5.74, 6) is 0. The maximum Gasteiger partial charge on any atom is 0.677 e. The zero-order valence-electron chi connectivity index (χ0n) is 93.0. The summed E-state index contributed by atoms with van der Waals surface area (Å²) >= 11 is 0. The van der Waals surface area contributed by atoms with Crippen molar-refractivity contribution in [3.63, 3.8) is 0 Å². The molecule has 45 heteroatoms. The molecule has 792 valence electrons. The highest BCUT2D eigenvalue weighted by molar-refractivity contribution is 6.76. The molecule has 0 aliphatic rings. The minimum absolute atomic E-state index is 0. The predicted octanol–water partition coefficient (Wildman–Crippen LogP) is 19.1. The summed E-state index contributed by atoms with van der Waals surface area (Å²) in [4.78, 5) is 10.2. The van der Waals surface area contributed by atoms with Gasteiger partial charge in [0.05, 0.1) is 16.8 Å². The molecule has 0 bridgehead atoms. The number of rotatable bonds is 57. The van der Waals surface area contributed by atoms with Gasteiger partial charge in [0, 0.05) is 146 Å². The third-order valence-corrected chi connectivity index (χ3v) is 39.8. The van der Waals surface area contributed by atoms with Crippen LogP contribution in [-0.2, 0) is 124 Å². The molecule has 0 aliphatic heterocycles. The van der Waals surface area contributed by atoms with Crippen molar-refractivity contribution in [2.24, 2.45) is 10.8 Å². The van der Waals surface area contributed by atoms with Gasteiger partial charge in [0.25, 0.3) is 0 Å². The van der Waals surface area contributed by atoms with Crippen LogP contribution in [0, 0.1) is 0 Å². The first-order valence-electron chi connectivity index (χ1n) is 46.2. The molecule has 0 saturated carbocycles. The highest BCUT2D eigenvalue weighted by Crippen LogP contribution is 2.33. The summed E-state index contributed by atoms with van der Waals surface area (Å²) in [5, 5.41) is 12.0. The van der Waals surface area contributed by atoms with Gasteiger partial charge in [-0.15, -0.1) is 0 Å². The minimum Gasteiger partial charge on any atom is -0.367 e. The lowest BCUT2D eigenvalue weighted by molar-refractivity contribution is -0.121. The van der Waals surface area contributed by atoms with Crippen molar-refractivity contribution in [2.45, 2.75) is 558 Å². The van der Waals surface area contributed by atoms with E-state index in [-0.39, 0.29) is 171 Å². The van der Waals surface area contributed by atoms with Crippen LogP contribution in [0.2, 0.25) is 0 Å². The number of hydrogen-bond acceptors (Lipinski definition) is 36. The summed E-state index contributed by atoms with van der Waals surface area (Å²) in [7, 11) is -30.4. The van der Waals surface area contributed by atoms with Crippen LogP contribution < -0.4 is 38.5 Å². The minimum atomic E-state index is -3.71. The van der Waals surface area contributed by atoms with Crippen LogP contribution >= 0.6 is 0 Å². The molecular weight excluding hydrogens is 1820 g/mol. The van der Waals surface area contributed by atoms with Gasteiger partial charge >= 0.3 is 80.9 Å². The second kappa shape index (κ2) is 68.6. The van der Waals surface area contributed by atoms with E-state index in [1.165, 1.54) is 0 Å². The van der Waals surface area contributed by atoms with E-state index in [9.17, 15) is 4.80 Å². The highest BCUT2D eigenvalue weighted by atomic mass is 28.5. The molecule has 0 saturated heterocycles. The molecule has 0 heterocycles. The summed E-state index contributed by atoms with van der Waals surface area (Å²) < 4.78 is 175. The smallest absolute Gasteiger partial charge is 0.367 e. The van der Waals surface area contributed by atoms with Crippen LogP contribution in [0.25, 0.3) is 0 Å². The average Bonchev–Trinajstić information content (AvgIpc) is 0.796. The van der Waals surface area contributed by atoms with Gasteiger partial charge in [-0.25, -0.2) is 9.30 Å². The average molecular weight is 2040 g/mol. The molecule has 0 aromatic carbocycles. The Hall–Kier alpha value is 0.512. The zero-order chi connectivity index (χ0) is 101. The third kappa shape index (κ3) is 84.0. The molecule has 0 radical (unpaired) electrons. The molecule has 16 N–H and O–H groups in total. The van der Waals surface area contributed by atoms with Gasteiger partial charge < -0.3 is 147 Å². The summed E-state index contributed by atoms with van der Waals surface area (Å²) in [6.45, 7) is 110. The second-order valence-electron chi connectivity index (χ2n) is 39.9. The third-order valence-electron chi connectivity index (χ3n) is 11.5. The van der Waals surface area contributed by atoms with Gasteiger partial charge in [-0.2, -0.15) is 0 Å². The van der Waals surface area contributed by atoms with Crippen molar-refractivity contribution in [1.82, 2.24) is 27.7 Å². The van der Waals surface area contributed by atoms with Gasteiger partial charge in [-0.1, -0.05) is 0 Å². The van der Waals surface area contributed by atoms with E-state index in [1.54, 1.807) is 0 Å². The Kier molecular flexibility index (Phi) is 78.3. The fraction of sp³-hybridized carbons (Fsp3) is 1.00. The van der Waals surface area contributed by atoms with Crippen molar-refractivity contribution in [3.8, 4) is 0 Å². The van der Waals surface area contributed by atoms with Crippen molar-refractivity contribution in [2.75, 3.05) is 0 Å². The lowest BCUT2D eigenvalue weighted by atomic mass is 10.2. The van der Waals surface area contributed by atoms with E-state index in [0.29, 0.717) is 0 Å². The van der Waals surface area contributed by atoms with Crippen molar-refractivity contribution < 1.29 is 128 Å². The highest BCUT2D eigenvalue weighted by Gasteiger charge is 2.65. The Morgan fingerprint density at radius 3 is 0.442 bits per heavy atom. The van der Waals surface area contributed by atoms with Crippen molar-refractivity contribution in [1.29, 1.82) is 0 Å². The predicted molar refractivity (Wildman–Crippen MR) is 537 cm³/mol. The van der Waals surface area contributed by atoms with E-state index in [4.69, 9.17) is 134 Å². The van der Waals surface area contributed by atoms with Crippen LogP contribution in [0.1, 0.15) is 395 Å². The van der Waals surface area contributed by atoms with Gasteiger partial charge in [0.2, 0.25) is 0 Å². The molecule has 0 amide bonds. The zero-order valence-corrected chi connectivity index (χ0v) is 102. The van der Waals surface area contributed by atoms with Crippen LogP contribution in [0.3, 0.4) is 0 Å². The SMILES string of the molecule is CC(C)O[Si](N)(OC(C)C)OC(C)(C)C.CC(C)O[Si](N)(OC(C)C)OC(C)C.CC(C)O[Si](N[Si](OC(C)C)(OC(C)C)OC(C)C)(OC(C)C)OC(C)C.CC(C)O[Si](N[Si](OC(C)C)(OC(C)C)OC(C)C)(OC(C)C)OC(C)C.CC(C)O[Si](O)(OC(C)C)OC(C)(C)C.CC(C)O[Si](OC(C)C)(OC(C)C)O[Si](OC(C)C)(OC(C)C)OC(C)(C)C.N.N.N. The topological polar surface area (TPSA) is 460 Å². The van der Waals surface area contributed by atoms with Gasteiger partial charge in [-0.05, 0) is 395 Å². The van der Waals surface area contributed by atoms with Gasteiger partial charge in [0.15, 0.2) is 0 Å². The second-order valence-corrected chi connectivity index (χ2v) is 58.9. The quantitative estimate of drug-likeness (QED) is 0.0262. The fourth-order valence-electron chi connectivity index (χ4n) is 10.3. The maximum absolute atomic E-state index is 10.2. The standard InChI is InChI=1S/C19H44O7Si2.2C18H43NO6Si2.C10H25NO3Si.C10H24O4Si.C9H23NO3Si.3H3N/c1-14(2)20-27(21-15(3)4,22-16(5)6)26-28(23-17(7)8,24-18(9)10)25-19(11,12)13;2*1-13(2)20-26(21-14(3)4,22-15(5)6)19-27(23-16(7)8,24-17(9)10)25-18(11)12;2*1-8(2)12-15(11,13-9(3)4)14-10(5,6)7;1-7(2)11-14(10,12-8(3)4)13-9(5)6;;;/h14-18H,1-13H3;2*13-19H,1-12H3;8-9H,11H2,1-7H3;8-9,11H,1-7H3;7-9H,10H2,1-6H3;3*1H3. The molecule has 0 aliphatic carbocycles. The Bertz CT molecular complexity index is 2300. The van der Waals surface area contributed by atoms with E-state index in [0.717, 1.165) is 0 Å². The Morgan fingerprint density at radius 2 is 0.310 bits per heavy atom. The molecule has 0 spiro atoms. The lowest BCUT2D eigenvalue weighted by Gasteiger charge is -2.41. The molecule has 0 atom stereocenters. The molecular formula is C84H211N7O29Si9. The van der Waals surface area contributed by atoms with Crippen molar-refractivity contribution >= 4 is 80.9 Å². The molecule has 0 fully saturated rings. The lowest BCUT2D eigenvalue weighted by Crippen LogP contribution is -2.75. The van der Waals surface area contributed by atoms with Crippen LogP contribution in [-0.4, -0.2) is 249 Å². The molecule has 0 rings (SSSR count). The molecule has 129 heavy (non-hydrogen) atoms. The first-order valence-corrected chi connectivity index (χ1v) is 61.6. The summed E-state index contributed by atoms with van der Waals surface area (Å²) in [6, 6.07) is 0. The Morgan fingerprint density at radius 1 is 0.178 bits per heavy atom. The monoisotopic (exact) mass is 2030 g/mol. The molecule has 0 unspecified atom stereocenters. The van der Waals surface area contributed by atoms with E-state index in [2.05, 4.69) is 9.30 Å². The number of nitrogens with one attached hydrogen (secondary N) is 2. The normalized spacial score (nSPS) is 13.7. The fourth-order valence-corrected chi connectivity index (χ4v) is 37.2. The van der Waals surface area contributed by atoms with E-state index >= 15 is 0 Å². The van der Waals surface area contributed by atoms with Crippen molar-refractivity contribution in [3.05, 3.63) is 0 Å². The van der Waals surface area contributed by atoms with E-state index in [1.807, 2.05) is 395 Å². The van der Waals surface area contributed by atoms with Crippen LogP contribution in [0.15, 0.2) is 0 Å². The van der Waals surface area contributed by atoms with E-state index < -0.39 is 92.1 Å². The number of hydrogen-bond donors (Lipinski definition) is 8. The van der Waals surface area contributed by atoms with Crippen LogP contribution in [0.5, 0.6) is 0 Å². The van der Waals surface area contributed by atoms with Gasteiger partial charge in [-0.3, -0.25) is 10.8 Å². The molecule has 36 nitrogen and oxygen atoms in total. The van der Waals surface area contributed by atoms with Gasteiger partial charge in [0.1, 0.15) is 0 Å². The first kappa shape index (κ1) is 147. The Labute approximate surface area is 801 Å². The number of nitrogens with two attached hydrogens (primary N) is 2. The molecule has 0 aromatic heterocycles. The first-order chi connectivity index (χ1) is 56.2.